The molecule has 5 aromatic carbocycles. The first-order chi connectivity index (χ1) is 30.0. The van der Waals surface area contributed by atoms with Gasteiger partial charge in [-0.1, -0.05) is 148 Å². The zero-order valence-electron chi connectivity index (χ0n) is 43.2. The van der Waals surface area contributed by atoms with E-state index in [9.17, 15) is 0 Å². The minimum absolute atomic E-state index is 0.0410. The molecule has 0 fully saturated rings. The van der Waals surface area contributed by atoms with Crippen LogP contribution in [0.5, 0.6) is 0 Å². The second kappa shape index (κ2) is 13.7. The number of nitrogens with zero attached hydrogens (tertiary/aromatic N) is 2. The summed E-state index contributed by atoms with van der Waals surface area (Å²) >= 11 is 0. The molecule has 0 spiro atoms. The van der Waals surface area contributed by atoms with E-state index < -0.39 is 0 Å². The molecule has 65 heavy (non-hydrogen) atoms. The van der Waals surface area contributed by atoms with Gasteiger partial charge in [-0.3, -0.25) is 0 Å². The van der Waals surface area contributed by atoms with Crippen LogP contribution in [0.4, 0.5) is 34.1 Å². The molecule has 0 radical (unpaired) electrons. The first-order valence-corrected chi connectivity index (χ1v) is 24.8. The molecule has 0 amide bonds. The largest absolute Gasteiger partial charge is 0.468 e. The van der Waals surface area contributed by atoms with E-state index >= 15 is 0 Å². The Balaban J connectivity index is 1.37. The number of furan rings is 1. The molecule has 1 aromatic heterocycles. The van der Waals surface area contributed by atoms with Crippen LogP contribution in [0.3, 0.4) is 0 Å². The molecule has 4 aliphatic rings. The van der Waals surface area contributed by atoms with Gasteiger partial charge in [-0.2, -0.15) is 0 Å². The van der Waals surface area contributed by atoms with Crippen LogP contribution >= 0.6 is 0 Å². The minimum atomic E-state index is -0.116. The Morgan fingerprint density at radius 2 is 0.969 bits per heavy atom. The summed E-state index contributed by atoms with van der Waals surface area (Å²) in [7, 11) is 0. The summed E-state index contributed by atoms with van der Waals surface area (Å²) in [5.74, 6) is 0. The van der Waals surface area contributed by atoms with Gasteiger partial charge in [0.1, 0.15) is 5.58 Å². The normalized spacial score (nSPS) is 19.1. The lowest BCUT2D eigenvalue weighted by Gasteiger charge is -2.45. The summed E-state index contributed by atoms with van der Waals surface area (Å²) in [4.78, 5) is 5.27. The Bertz CT molecular complexity index is 2970. The van der Waals surface area contributed by atoms with Gasteiger partial charge in [0.05, 0.1) is 11.3 Å². The van der Waals surface area contributed by atoms with Crippen molar-refractivity contribution in [3.63, 3.8) is 0 Å². The fourth-order valence-electron chi connectivity index (χ4n) is 12.1. The molecule has 0 unspecified atom stereocenters. The fraction of sp³-hybridized carbons (Fsp3) is 0.475. The highest BCUT2D eigenvalue weighted by atomic mass is 16.3. The molecule has 0 saturated heterocycles. The summed E-state index contributed by atoms with van der Waals surface area (Å²) in [5.41, 5.74) is 23.4. The molecular formula is C61H75BN2O. The van der Waals surface area contributed by atoms with E-state index in [1.54, 1.807) is 0 Å². The molecular weight excluding hydrogens is 787 g/mol. The van der Waals surface area contributed by atoms with Gasteiger partial charge in [0.25, 0.3) is 6.71 Å². The van der Waals surface area contributed by atoms with Crippen molar-refractivity contribution >= 4 is 68.4 Å². The first kappa shape index (κ1) is 44.2. The van der Waals surface area contributed by atoms with E-state index in [4.69, 9.17) is 4.42 Å². The quantitative estimate of drug-likeness (QED) is 0.161. The molecule has 3 nitrogen and oxygen atoms in total. The van der Waals surface area contributed by atoms with Gasteiger partial charge >= 0.3 is 0 Å². The maximum Gasteiger partial charge on any atom is 0.297 e. The topological polar surface area (TPSA) is 19.6 Å². The lowest BCUT2D eigenvalue weighted by Crippen LogP contribution is -2.61. The summed E-state index contributed by atoms with van der Waals surface area (Å²) in [6.07, 6.45) is 4.68. The molecule has 4 heteroatoms. The van der Waals surface area contributed by atoms with Gasteiger partial charge < -0.3 is 14.2 Å². The number of aryl methyl sites for hydroxylation is 1. The van der Waals surface area contributed by atoms with E-state index in [1.165, 1.54) is 108 Å². The Morgan fingerprint density at radius 3 is 1.52 bits per heavy atom. The minimum Gasteiger partial charge on any atom is -0.468 e. The maximum absolute atomic E-state index is 7.64. The van der Waals surface area contributed by atoms with E-state index in [2.05, 4.69) is 213 Å². The predicted molar refractivity (Wildman–Crippen MR) is 282 cm³/mol. The highest BCUT2D eigenvalue weighted by molar-refractivity contribution is 7.00. The van der Waals surface area contributed by atoms with Crippen molar-refractivity contribution in [3.05, 3.63) is 123 Å². The summed E-state index contributed by atoms with van der Waals surface area (Å²) in [5, 5.41) is 1.22. The van der Waals surface area contributed by atoms with Crippen molar-refractivity contribution in [1.29, 1.82) is 0 Å². The third kappa shape index (κ3) is 6.71. The molecule has 338 valence electrons. The van der Waals surface area contributed by atoms with Crippen molar-refractivity contribution in [1.82, 2.24) is 0 Å². The van der Waals surface area contributed by atoms with Gasteiger partial charge in [0.2, 0.25) is 0 Å². The summed E-state index contributed by atoms with van der Waals surface area (Å²) < 4.78 is 7.64. The zero-order chi connectivity index (χ0) is 46.9. The van der Waals surface area contributed by atoms with E-state index in [0.717, 1.165) is 24.1 Å². The number of hydrogen-bond donors (Lipinski definition) is 0. The number of hydrogen-bond acceptors (Lipinski definition) is 3. The van der Waals surface area contributed by atoms with Gasteiger partial charge in [-0.15, -0.1) is 0 Å². The molecule has 3 heterocycles. The monoisotopic (exact) mass is 863 g/mol. The van der Waals surface area contributed by atoms with Gasteiger partial charge in [-0.05, 0) is 174 Å². The number of rotatable bonds is 2. The number of anilines is 6. The number of benzene rings is 5. The SMILES string of the molecule is Cc1cc(C(C)(C)C)ccc1N1c2ccc(C(C)(C)C)cc2B2c3oc4cc5c(cc4c3N(c3ccc4c(c3)C(C)(C)CCC4(C)C)c3cc(C(C)(C)C)cc1c32)C(C)(C)CCC5(C)C. The molecule has 0 bridgehead atoms. The average molecular weight is 863 g/mol. The highest BCUT2D eigenvalue weighted by Crippen LogP contribution is 2.54. The number of fused-ring (bicyclic) bond motifs is 8. The van der Waals surface area contributed by atoms with Crippen molar-refractivity contribution < 1.29 is 4.42 Å². The second-order valence-electron chi connectivity index (χ2n) is 26.5. The molecule has 0 N–H and O–H groups in total. The van der Waals surface area contributed by atoms with Crippen molar-refractivity contribution in [2.75, 3.05) is 9.80 Å². The molecule has 0 saturated carbocycles. The third-order valence-electron chi connectivity index (χ3n) is 16.8. The standard InChI is InChI=1S/C61H75BN2O/c1-36-29-37(55(2,3)4)19-23-47(36)64-48-24-20-38(56(5,6)7)30-46(48)62-52-49(31-39(32-50(52)64)57(8,9)10)63(40-21-22-42-43(33-40)59(13,14)26-25-58(42,11)12)53-41-34-44-45(35-51(41)65-54(53)62)61(17,18)28-27-60(44,15)16/h19-24,29-35H,25-28H2,1-18H3. The van der Waals surface area contributed by atoms with Gasteiger partial charge in [-0.25, -0.2) is 0 Å². The van der Waals surface area contributed by atoms with Gasteiger partial charge in [0, 0.05) is 33.8 Å². The van der Waals surface area contributed by atoms with Gasteiger partial charge in [0.15, 0.2) is 0 Å². The lowest BCUT2D eigenvalue weighted by atomic mass is 9.35. The van der Waals surface area contributed by atoms with Crippen LogP contribution in [-0.4, -0.2) is 6.71 Å². The Hall–Kier alpha value is -4.70. The van der Waals surface area contributed by atoms with Crippen molar-refractivity contribution in [2.24, 2.45) is 0 Å². The molecule has 6 aromatic rings. The van der Waals surface area contributed by atoms with Crippen LogP contribution in [0.15, 0.2) is 83.3 Å². The predicted octanol–water partition coefficient (Wildman–Crippen LogP) is 15.4. The summed E-state index contributed by atoms with van der Waals surface area (Å²) in [6.45, 7) is 42.9. The van der Waals surface area contributed by atoms with Crippen molar-refractivity contribution in [3.8, 4) is 0 Å². The van der Waals surface area contributed by atoms with E-state index in [0.29, 0.717) is 0 Å². The Kier molecular flexibility index (Phi) is 9.31. The molecule has 0 atom stereocenters. The smallest absolute Gasteiger partial charge is 0.297 e. The first-order valence-electron chi connectivity index (χ1n) is 24.8. The van der Waals surface area contributed by atoms with E-state index in [-0.39, 0.29) is 44.6 Å². The fourth-order valence-corrected chi connectivity index (χ4v) is 12.1. The highest BCUT2D eigenvalue weighted by Gasteiger charge is 2.49. The maximum atomic E-state index is 7.64. The molecule has 2 aliphatic carbocycles. The van der Waals surface area contributed by atoms with Crippen LogP contribution < -0.4 is 26.4 Å². The zero-order valence-corrected chi connectivity index (χ0v) is 43.2. The second-order valence-corrected chi connectivity index (χ2v) is 26.5. The van der Waals surface area contributed by atoms with Crippen LogP contribution in [0.1, 0.15) is 188 Å². The van der Waals surface area contributed by atoms with Crippen LogP contribution in [0.25, 0.3) is 11.0 Å². The third-order valence-corrected chi connectivity index (χ3v) is 16.8. The molecule has 2 aliphatic heterocycles. The molecule has 10 rings (SSSR count). The summed E-state index contributed by atoms with van der Waals surface area (Å²) in [6, 6.07) is 32.1. The lowest BCUT2D eigenvalue weighted by molar-refractivity contribution is 0.332. The Morgan fingerprint density at radius 1 is 0.477 bits per heavy atom. The Labute approximate surface area is 392 Å². The van der Waals surface area contributed by atoms with Crippen molar-refractivity contribution in [2.45, 2.75) is 188 Å². The van der Waals surface area contributed by atoms with Crippen LogP contribution in [0.2, 0.25) is 0 Å². The van der Waals surface area contributed by atoms with Crippen LogP contribution in [-0.2, 0) is 37.9 Å². The van der Waals surface area contributed by atoms with Crippen LogP contribution in [0, 0.1) is 6.92 Å². The average Bonchev–Trinajstić information content (AvgIpc) is 3.58. The van der Waals surface area contributed by atoms with E-state index in [1.807, 2.05) is 0 Å².